The zero-order chi connectivity index (χ0) is 19.8. The van der Waals surface area contributed by atoms with E-state index in [4.69, 9.17) is 10.5 Å². The van der Waals surface area contributed by atoms with Crippen LogP contribution in [0.15, 0.2) is 0 Å². The zero-order valence-corrected chi connectivity index (χ0v) is 17.7. The van der Waals surface area contributed by atoms with E-state index in [0.717, 1.165) is 32.1 Å². The topological polar surface area (TPSA) is 92.9 Å². The third-order valence-corrected chi connectivity index (χ3v) is 8.13. The summed E-state index contributed by atoms with van der Waals surface area (Å²) in [7, 11) is -3.26. The third kappa shape index (κ3) is 4.95. The van der Waals surface area contributed by atoms with Crippen LogP contribution in [0.1, 0.15) is 65.7 Å². The van der Waals surface area contributed by atoms with Crippen LogP contribution in [0.4, 0.5) is 4.79 Å². The van der Waals surface area contributed by atoms with Gasteiger partial charge in [0.15, 0.2) is 0 Å². The standard InChI is InChI=1S/C19H35N3O4S/c1-19(2,3)26-18(23)21-12-16(10-9-14-6-4-8-17(14)20)22-13-15(21)7-5-11-27(22,24)25/h14-17H,4-13,20H2,1-3H3/t14-,15+,16+,17+/m1/s1. The van der Waals surface area contributed by atoms with Crippen molar-refractivity contribution in [2.75, 3.05) is 18.8 Å². The Kier molecular flexibility index (Phi) is 6.08. The first-order valence-electron chi connectivity index (χ1n) is 10.3. The number of piperazine rings is 1. The molecule has 27 heavy (non-hydrogen) atoms. The van der Waals surface area contributed by atoms with E-state index >= 15 is 0 Å². The van der Waals surface area contributed by atoms with Crippen molar-refractivity contribution >= 4 is 16.1 Å². The highest BCUT2D eigenvalue weighted by atomic mass is 32.2. The van der Waals surface area contributed by atoms with Gasteiger partial charge in [-0.25, -0.2) is 13.2 Å². The van der Waals surface area contributed by atoms with Crippen LogP contribution in [0.25, 0.3) is 0 Å². The van der Waals surface area contributed by atoms with Gasteiger partial charge in [-0.15, -0.1) is 0 Å². The highest BCUT2D eigenvalue weighted by Crippen LogP contribution is 2.33. The smallest absolute Gasteiger partial charge is 0.410 e. The predicted octanol–water partition coefficient (Wildman–Crippen LogP) is 2.31. The van der Waals surface area contributed by atoms with Crippen molar-refractivity contribution < 1.29 is 17.9 Å². The molecule has 1 amide bonds. The van der Waals surface area contributed by atoms with Gasteiger partial charge in [0.05, 0.1) is 5.75 Å². The van der Waals surface area contributed by atoms with Crippen LogP contribution in [-0.2, 0) is 14.8 Å². The fourth-order valence-electron chi connectivity index (χ4n) is 4.74. The second kappa shape index (κ2) is 7.87. The van der Waals surface area contributed by atoms with E-state index in [2.05, 4.69) is 0 Å². The van der Waals surface area contributed by atoms with Crippen LogP contribution in [0.2, 0.25) is 0 Å². The number of rotatable bonds is 3. The number of hydrogen-bond donors (Lipinski definition) is 1. The SMILES string of the molecule is CC(C)(C)OC(=O)N1C[C@H](CC[C@H]2CCC[C@@H]2N)N2C[C@@H]1CCCS2(=O)=O. The summed E-state index contributed by atoms with van der Waals surface area (Å²) in [6, 6.07) is -0.0455. The van der Waals surface area contributed by atoms with Crippen LogP contribution in [0.5, 0.6) is 0 Å². The first kappa shape index (κ1) is 20.9. The van der Waals surface area contributed by atoms with E-state index in [1.807, 2.05) is 20.8 Å². The lowest BCUT2D eigenvalue weighted by Crippen LogP contribution is -2.60. The summed E-state index contributed by atoms with van der Waals surface area (Å²) in [5.74, 6) is 0.637. The van der Waals surface area contributed by atoms with E-state index in [0.29, 0.717) is 31.8 Å². The molecule has 2 aliphatic heterocycles. The van der Waals surface area contributed by atoms with Crippen LogP contribution >= 0.6 is 0 Å². The Balaban J connectivity index is 1.75. The molecule has 2 bridgehead atoms. The first-order valence-corrected chi connectivity index (χ1v) is 11.9. The molecular formula is C19H35N3O4S. The summed E-state index contributed by atoms with van der Waals surface area (Å²) in [5.41, 5.74) is 5.64. The number of carbonyl (C=O) groups is 1. The number of amides is 1. The Labute approximate surface area is 163 Å². The Bertz CT molecular complexity index is 646. The van der Waals surface area contributed by atoms with Crippen LogP contribution in [0.3, 0.4) is 0 Å². The summed E-state index contributed by atoms with van der Waals surface area (Å²) < 4.78 is 32.8. The average molecular weight is 402 g/mol. The summed E-state index contributed by atoms with van der Waals surface area (Å²) >= 11 is 0. The van der Waals surface area contributed by atoms with Crippen molar-refractivity contribution in [1.82, 2.24) is 9.21 Å². The number of nitrogens with zero attached hydrogens (tertiary/aromatic N) is 2. The molecule has 3 fully saturated rings. The Hall–Kier alpha value is -0.860. The molecule has 5 atom stereocenters. The molecule has 0 aromatic carbocycles. The van der Waals surface area contributed by atoms with Gasteiger partial charge in [-0.1, -0.05) is 6.42 Å². The highest BCUT2D eigenvalue weighted by Gasteiger charge is 2.44. The fraction of sp³-hybridized carbons (Fsp3) is 0.947. The molecule has 1 unspecified atom stereocenters. The molecule has 1 aliphatic carbocycles. The van der Waals surface area contributed by atoms with Crippen LogP contribution in [0, 0.1) is 5.92 Å². The van der Waals surface area contributed by atoms with Gasteiger partial charge in [0, 0.05) is 31.2 Å². The minimum Gasteiger partial charge on any atom is -0.444 e. The molecule has 7 nitrogen and oxygen atoms in total. The maximum Gasteiger partial charge on any atom is 0.410 e. The zero-order valence-electron chi connectivity index (χ0n) is 16.9. The van der Waals surface area contributed by atoms with Crippen molar-refractivity contribution in [2.45, 2.75) is 89.4 Å². The fourth-order valence-corrected chi connectivity index (χ4v) is 6.53. The summed E-state index contributed by atoms with van der Waals surface area (Å²) in [6.07, 6.45) is 5.98. The van der Waals surface area contributed by atoms with E-state index in [-0.39, 0.29) is 30.0 Å². The molecular weight excluding hydrogens is 366 g/mol. The number of hydrogen-bond acceptors (Lipinski definition) is 5. The number of carbonyl (C=O) groups excluding carboxylic acids is 1. The summed E-state index contributed by atoms with van der Waals surface area (Å²) in [5, 5.41) is 0. The second-order valence-electron chi connectivity index (χ2n) is 9.40. The quantitative estimate of drug-likeness (QED) is 0.783. The summed E-state index contributed by atoms with van der Waals surface area (Å²) in [4.78, 5) is 14.5. The van der Waals surface area contributed by atoms with Gasteiger partial charge in [0.25, 0.3) is 0 Å². The second-order valence-corrected chi connectivity index (χ2v) is 11.4. The lowest BCUT2D eigenvalue weighted by molar-refractivity contribution is -0.00384. The monoisotopic (exact) mass is 401 g/mol. The van der Waals surface area contributed by atoms with Gasteiger partial charge in [0.1, 0.15) is 5.60 Å². The maximum atomic E-state index is 12.8. The number of fused-ring (bicyclic) bond motifs is 2. The van der Waals surface area contributed by atoms with Gasteiger partial charge < -0.3 is 15.4 Å². The van der Waals surface area contributed by atoms with Crippen molar-refractivity contribution in [2.24, 2.45) is 11.7 Å². The van der Waals surface area contributed by atoms with Crippen molar-refractivity contribution in [3.63, 3.8) is 0 Å². The molecule has 156 valence electrons. The summed E-state index contributed by atoms with van der Waals surface area (Å²) in [6.45, 7) is 6.39. The Morgan fingerprint density at radius 3 is 2.48 bits per heavy atom. The number of nitrogens with two attached hydrogens (primary N) is 1. The molecule has 2 saturated heterocycles. The van der Waals surface area contributed by atoms with Crippen molar-refractivity contribution in [3.8, 4) is 0 Å². The molecule has 1 saturated carbocycles. The van der Waals surface area contributed by atoms with Gasteiger partial charge in [0.2, 0.25) is 10.0 Å². The third-order valence-electron chi connectivity index (χ3n) is 6.16. The molecule has 0 radical (unpaired) electrons. The largest absolute Gasteiger partial charge is 0.444 e. The molecule has 2 heterocycles. The van der Waals surface area contributed by atoms with Crippen LogP contribution in [-0.4, -0.2) is 66.3 Å². The number of sulfonamides is 1. The van der Waals surface area contributed by atoms with Gasteiger partial charge in [-0.3, -0.25) is 0 Å². The lowest BCUT2D eigenvalue weighted by Gasteiger charge is -2.44. The lowest BCUT2D eigenvalue weighted by atomic mass is 9.94. The molecule has 0 aromatic rings. The minimum absolute atomic E-state index is 0.0953. The van der Waals surface area contributed by atoms with Gasteiger partial charge in [-0.05, 0) is 65.2 Å². The van der Waals surface area contributed by atoms with E-state index < -0.39 is 15.6 Å². The van der Waals surface area contributed by atoms with Gasteiger partial charge >= 0.3 is 6.09 Å². The van der Waals surface area contributed by atoms with Crippen molar-refractivity contribution in [3.05, 3.63) is 0 Å². The van der Waals surface area contributed by atoms with E-state index in [1.54, 1.807) is 9.21 Å². The van der Waals surface area contributed by atoms with Crippen molar-refractivity contribution in [1.29, 1.82) is 0 Å². The van der Waals surface area contributed by atoms with E-state index in [9.17, 15) is 13.2 Å². The molecule has 3 aliphatic rings. The Morgan fingerprint density at radius 2 is 1.85 bits per heavy atom. The minimum atomic E-state index is -3.26. The Morgan fingerprint density at radius 1 is 1.11 bits per heavy atom. The average Bonchev–Trinajstić information content (AvgIpc) is 2.90. The first-order chi connectivity index (χ1) is 12.6. The van der Waals surface area contributed by atoms with Gasteiger partial charge in [-0.2, -0.15) is 4.31 Å². The molecule has 2 N–H and O–H groups in total. The molecule has 0 spiro atoms. The highest BCUT2D eigenvalue weighted by molar-refractivity contribution is 7.89. The normalized spacial score (nSPS) is 36.3. The van der Waals surface area contributed by atoms with Crippen LogP contribution < -0.4 is 5.73 Å². The van der Waals surface area contributed by atoms with E-state index in [1.165, 1.54) is 0 Å². The maximum absolute atomic E-state index is 12.8. The number of ether oxygens (including phenoxy) is 1. The predicted molar refractivity (Wildman–Crippen MR) is 105 cm³/mol. The molecule has 8 heteroatoms. The molecule has 0 aromatic heterocycles. The molecule has 3 rings (SSSR count).